The Morgan fingerprint density at radius 2 is 1.93 bits per heavy atom. The number of methoxy groups -OCH3 is 1. The van der Waals surface area contributed by atoms with Gasteiger partial charge in [-0.05, 0) is 43.7 Å². The van der Waals surface area contributed by atoms with Crippen LogP contribution in [0.1, 0.15) is 31.7 Å². The molecule has 0 fully saturated rings. The number of benzene rings is 2. The maximum atomic E-state index is 12.8. The number of hydrogen-bond donors (Lipinski definition) is 1. The average Bonchev–Trinajstić information content (AvgIpc) is 2.76. The lowest BCUT2D eigenvalue weighted by molar-refractivity contribution is -0.131. The minimum Gasteiger partial charge on any atom is -0.493 e. The molecule has 3 rings (SSSR count). The molecule has 1 N–H and O–H groups in total. The van der Waals surface area contributed by atoms with E-state index in [0.29, 0.717) is 54.3 Å². The summed E-state index contributed by atoms with van der Waals surface area (Å²) < 4.78 is 10.9. The Bertz CT molecular complexity index is 1080. The fourth-order valence-electron chi connectivity index (χ4n) is 3.32. The van der Waals surface area contributed by atoms with Crippen molar-refractivity contribution in [2.75, 3.05) is 20.3 Å². The van der Waals surface area contributed by atoms with E-state index in [0.717, 1.165) is 5.56 Å². The molecule has 2 aromatic carbocycles. The number of H-pyrrole nitrogens is 1. The highest BCUT2D eigenvalue weighted by atomic mass is 16.5. The summed E-state index contributed by atoms with van der Waals surface area (Å²) in [5, 5.41) is 0.548. The molecule has 0 radical (unpaired) electrons. The number of ether oxygens (including phenoxy) is 2. The molecule has 0 atom stereocenters. The third-order valence-electron chi connectivity index (χ3n) is 4.87. The zero-order chi connectivity index (χ0) is 21.5. The van der Waals surface area contributed by atoms with Crippen molar-refractivity contribution in [3.63, 3.8) is 0 Å². The van der Waals surface area contributed by atoms with Gasteiger partial charge in [-0.15, -0.1) is 0 Å². The number of nitrogens with one attached hydrogen (secondary N) is 1. The molecule has 1 heterocycles. The van der Waals surface area contributed by atoms with Crippen LogP contribution in [0.5, 0.6) is 11.5 Å². The summed E-state index contributed by atoms with van der Waals surface area (Å²) in [5.41, 5.74) is 1.41. The van der Waals surface area contributed by atoms with Gasteiger partial charge in [0.2, 0.25) is 5.91 Å². The van der Waals surface area contributed by atoms with E-state index in [1.165, 1.54) is 0 Å². The summed E-state index contributed by atoms with van der Waals surface area (Å²) in [5.74, 6) is 1.85. The molecule has 30 heavy (non-hydrogen) atoms. The van der Waals surface area contributed by atoms with Gasteiger partial charge in [-0.3, -0.25) is 9.59 Å². The molecular weight excluding hydrogens is 382 g/mol. The Morgan fingerprint density at radius 1 is 1.13 bits per heavy atom. The van der Waals surface area contributed by atoms with Crippen molar-refractivity contribution in [1.82, 2.24) is 14.9 Å². The zero-order valence-electron chi connectivity index (χ0n) is 17.6. The smallest absolute Gasteiger partial charge is 0.258 e. The molecule has 1 aromatic heterocycles. The lowest BCUT2D eigenvalue weighted by atomic mass is 10.1. The van der Waals surface area contributed by atoms with Gasteiger partial charge in [0.05, 0.1) is 24.6 Å². The summed E-state index contributed by atoms with van der Waals surface area (Å²) in [4.78, 5) is 34.0. The van der Waals surface area contributed by atoms with Crippen molar-refractivity contribution < 1.29 is 14.3 Å². The van der Waals surface area contributed by atoms with E-state index in [4.69, 9.17) is 9.47 Å². The summed E-state index contributed by atoms with van der Waals surface area (Å²) in [6, 6.07) is 12.9. The largest absolute Gasteiger partial charge is 0.493 e. The Labute approximate surface area is 175 Å². The molecule has 0 bridgehead atoms. The number of aryl methyl sites for hydroxylation is 1. The predicted octanol–water partition coefficient (Wildman–Crippen LogP) is 3.31. The highest BCUT2D eigenvalue weighted by Crippen LogP contribution is 2.28. The number of carbonyl (C=O) groups is 1. The van der Waals surface area contributed by atoms with Crippen molar-refractivity contribution in [3.05, 3.63) is 64.2 Å². The van der Waals surface area contributed by atoms with Crippen molar-refractivity contribution >= 4 is 16.8 Å². The van der Waals surface area contributed by atoms with Gasteiger partial charge in [0.15, 0.2) is 11.5 Å². The third-order valence-corrected chi connectivity index (χ3v) is 4.87. The van der Waals surface area contributed by atoms with Gasteiger partial charge >= 0.3 is 0 Å². The molecule has 7 heteroatoms. The van der Waals surface area contributed by atoms with Gasteiger partial charge in [0.25, 0.3) is 5.56 Å². The number of aromatic amines is 1. The van der Waals surface area contributed by atoms with E-state index in [1.54, 1.807) is 30.2 Å². The number of rotatable bonds is 9. The predicted molar refractivity (Wildman–Crippen MR) is 116 cm³/mol. The second-order valence-electron chi connectivity index (χ2n) is 6.86. The summed E-state index contributed by atoms with van der Waals surface area (Å²) in [6.45, 7) is 5.47. The molecule has 7 nitrogen and oxygen atoms in total. The van der Waals surface area contributed by atoms with Gasteiger partial charge in [0, 0.05) is 25.9 Å². The SMILES string of the molecule is CCOc1ccc(CN(CC)C(=O)CCc2nc3ccccc3c(=O)[nH]2)cc1OC. The maximum Gasteiger partial charge on any atom is 0.258 e. The van der Waals surface area contributed by atoms with E-state index in [-0.39, 0.29) is 17.9 Å². The summed E-state index contributed by atoms with van der Waals surface area (Å²) >= 11 is 0. The molecule has 158 valence electrons. The Morgan fingerprint density at radius 3 is 2.67 bits per heavy atom. The van der Waals surface area contributed by atoms with E-state index in [2.05, 4.69) is 9.97 Å². The highest BCUT2D eigenvalue weighted by molar-refractivity contribution is 5.78. The van der Waals surface area contributed by atoms with Crippen LogP contribution in [0.3, 0.4) is 0 Å². The van der Waals surface area contributed by atoms with Gasteiger partial charge in [-0.25, -0.2) is 4.98 Å². The quantitative estimate of drug-likeness (QED) is 0.586. The van der Waals surface area contributed by atoms with E-state index < -0.39 is 0 Å². The molecule has 0 spiro atoms. The first-order valence-corrected chi connectivity index (χ1v) is 10.1. The molecular formula is C23H27N3O4. The standard InChI is InChI=1S/C23H27N3O4/c1-4-26(15-16-10-11-19(30-5-2)20(14-16)29-3)22(27)13-12-21-24-18-9-7-6-8-17(18)23(28)25-21/h6-11,14H,4-5,12-13,15H2,1-3H3,(H,24,25,28). The van der Waals surface area contributed by atoms with Crippen LogP contribution < -0.4 is 15.0 Å². The molecule has 3 aromatic rings. The van der Waals surface area contributed by atoms with Crippen LogP contribution in [0.4, 0.5) is 0 Å². The number of fused-ring (bicyclic) bond motifs is 1. The second-order valence-corrected chi connectivity index (χ2v) is 6.86. The van der Waals surface area contributed by atoms with E-state index >= 15 is 0 Å². The van der Waals surface area contributed by atoms with Crippen molar-refractivity contribution in [1.29, 1.82) is 0 Å². The van der Waals surface area contributed by atoms with E-state index in [1.807, 2.05) is 38.1 Å². The van der Waals surface area contributed by atoms with Crippen LogP contribution in [-0.4, -0.2) is 41.0 Å². The Hall–Kier alpha value is -3.35. The Kier molecular flexibility index (Phi) is 7.06. The second kappa shape index (κ2) is 9.91. The molecule has 0 aliphatic rings. The number of aromatic nitrogens is 2. The minimum atomic E-state index is -0.183. The summed E-state index contributed by atoms with van der Waals surface area (Å²) in [7, 11) is 1.60. The molecule has 0 aliphatic carbocycles. The van der Waals surface area contributed by atoms with Gasteiger partial charge in [-0.1, -0.05) is 18.2 Å². The van der Waals surface area contributed by atoms with Crippen LogP contribution in [-0.2, 0) is 17.8 Å². The topological polar surface area (TPSA) is 84.5 Å². The number of para-hydroxylation sites is 1. The Balaban J connectivity index is 1.67. The van der Waals surface area contributed by atoms with Crippen molar-refractivity contribution in [2.45, 2.75) is 33.2 Å². The monoisotopic (exact) mass is 409 g/mol. The van der Waals surface area contributed by atoms with Crippen LogP contribution in [0, 0.1) is 0 Å². The van der Waals surface area contributed by atoms with Gasteiger partial charge in [0.1, 0.15) is 5.82 Å². The van der Waals surface area contributed by atoms with Crippen LogP contribution in [0.2, 0.25) is 0 Å². The third kappa shape index (κ3) is 4.97. The zero-order valence-corrected chi connectivity index (χ0v) is 17.6. The molecule has 0 aliphatic heterocycles. The molecule has 1 amide bonds. The minimum absolute atomic E-state index is 0.00107. The lowest BCUT2D eigenvalue weighted by Gasteiger charge is -2.21. The number of nitrogens with zero attached hydrogens (tertiary/aromatic N) is 2. The lowest BCUT2D eigenvalue weighted by Crippen LogP contribution is -2.30. The highest BCUT2D eigenvalue weighted by Gasteiger charge is 2.15. The first-order valence-electron chi connectivity index (χ1n) is 10.1. The number of amides is 1. The first kappa shape index (κ1) is 21.4. The molecule has 0 unspecified atom stereocenters. The normalized spacial score (nSPS) is 10.8. The number of hydrogen-bond acceptors (Lipinski definition) is 5. The fraction of sp³-hybridized carbons (Fsp3) is 0.348. The average molecular weight is 409 g/mol. The van der Waals surface area contributed by atoms with Crippen LogP contribution in [0.25, 0.3) is 10.9 Å². The molecule has 0 saturated carbocycles. The summed E-state index contributed by atoms with van der Waals surface area (Å²) in [6.07, 6.45) is 0.644. The van der Waals surface area contributed by atoms with Crippen LogP contribution >= 0.6 is 0 Å². The van der Waals surface area contributed by atoms with Gasteiger partial charge in [-0.2, -0.15) is 0 Å². The van der Waals surface area contributed by atoms with Crippen molar-refractivity contribution in [3.8, 4) is 11.5 Å². The maximum absolute atomic E-state index is 12.8. The fourth-order valence-corrected chi connectivity index (χ4v) is 3.32. The molecule has 0 saturated heterocycles. The number of carbonyl (C=O) groups excluding carboxylic acids is 1. The first-order chi connectivity index (χ1) is 14.5. The van der Waals surface area contributed by atoms with E-state index in [9.17, 15) is 9.59 Å². The van der Waals surface area contributed by atoms with Gasteiger partial charge < -0.3 is 19.4 Å². The van der Waals surface area contributed by atoms with Crippen LogP contribution in [0.15, 0.2) is 47.3 Å². The van der Waals surface area contributed by atoms with Crippen molar-refractivity contribution in [2.24, 2.45) is 0 Å².